The van der Waals surface area contributed by atoms with Crippen molar-refractivity contribution in [3.8, 4) is 11.1 Å². The van der Waals surface area contributed by atoms with E-state index in [1.54, 1.807) is 4.90 Å². The molecule has 4 rings (SSSR count). The molecule has 3 heterocycles. The van der Waals surface area contributed by atoms with Crippen molar-refractivity contribution in [3.05, 3.63) is 47.8 Å². The average molecular weight is 414 g/mol. The van der Waals surface area contributed by atoms with Gasteiger partial charge in [0, 0.05) is 54.0 Å². The van der Waals surface area contributed by atoms with E-state index >= 15 is 0 Å². The minimum absolute atomic E-state index is 0.152. The van der Waals surface area contributed by atoms with Crippen LogP contribution in [0.2, 0.25) is 0 Å². The molecule has 154 valence electrons. The van der Waals surface area contributed by atoms with Gasteiger partial charge < -0.3 is 14.2 Å². The predicted molar refractivity (Wildman–Crippen MR) is 115 cm³/mol. The average Bonchev–Trinajstić information content (AvgIpc) is 2.66. The number of hydrogen-bond acceptors (Lipinski definition) is 5. The van der Waals surface area contributed by atoms with Crippen LogP contribution in [0.5, 0.6) is 0 Å². The van der Waals surface area contributed by atoms with Gasteiger partial charge in [0.05, 0.1) is 13.2 Å². The highest BCUT2D eigenvalue weighted by Gasteiger charge is 2.47. The second-order valence-electron chi connectivity index (χ2n) is 8.82. The van der Waals surface area contributed by atoms with E-state index in [9.17, 15) is 9.35 Å². The fourth-order valence-electron chi connectivity index (χ4n) is 3.62. The fourth-order valence-corrected chi connectivity index (χ4v) is 4.51. The molecule has 0 radical (unpaired) electrons. The molecule has 2 aromatic rings. The minimum Gasteiger partial charge on any atom is -0.598 e. The monoisotopic (exact) mass is 413 g/mol. The number of nitrogens with one attached hydrogen (secondary N) is 1. The molecular formula is C22H27N3O3S. The smallest absolute Gasteiger partial charge is 0.227 e. The molecule has 0 unspecified atom stereocenters. The number of benzene rings is 1. The van der Waals surface area contributed by atoms with Crippen molar-refractivity contribution in [1.82, 2.24) is 9.71 Å². The predicted octanol–water partition coefficient (Wildman–Crippen LogP) is 2.93. The summed E-state index contributed by atoms with van der Waals surface area (Å²) in [6.45, 7) is 6.79. The number of carbonyl (C=O) groups excluding carboxylic acids is 1. The van der Waals surface area contributed by atoms with Crippen LogP contribution in [-0.2, 0) is 32.9 Å². The molecule has 0 aliphatic carbocycles. The van der Waals surface area contributed by atoms with E-state index in [2.05, 4.69) is 21.8 Å². The molecule has 1 fully saturated rings. The van der Waals surface area contributed by atoms with Crippen LogP contribution in [-0.4, -0.2) is 40.5 Å². The van der Waals surface area contributed by atoms with E-state index in [1.807, 2.05) is 52.3 Å². The second kappa shape index (κ2) is 7.40. The Morgan fingerprint density at radius 3 is 2.59 bits per heavy atom. The number of fused-ring (bicyclic) bond motifs is 1. The van der Waals surface area contributed by atoms with Crippen LogP contribution in [0.3, 0.4) is 0 Å². The van der Waals surface area contributed by atoms with Crippen molar-refractivity contribution in [2.45, 2.75) is 43.9 Å². The number of amides is 1. The Labute approximate surface area is 175 Å². The van der Waals surface area contributed by atoms with Crippen LogP contribution in [0.15, 0.2) is 36.7 Å². The Bertz CT molecular complexity index is 937. The Morgan fingerprint density at radius 2 is 1.93 bits per heavy atom. The molecule has 0 saturated carbocycles. The molecular weight excluding hydrogens is 386 g/mol. The Morgan fingerprint density at radius 1 is 1.17 bits per heavy atom. The van der Waals surface area contributed by atoms with Crippen LogP contribution in [0.4, 0.5) is 5.69 Å². The summed E-state index contributed by atoms with van der Waals surface area (Å²) in [6.07, 6.45) is 4.96. The summed E-state index contributed by atoms with van der Waals surface area (Å²) in [4.78, 5) is 18.1. The van der Waals surface area contributed by atoms with Gasteiger partial charge in [-0.3, -0.25) is 9.78 Å². The lowest BCUT2D eigenvalue weighted by atomic mass is 9.88. The summed E-state index contributed by atoms with van der Waals surface area (Å²) >= 11 is -1.21. The van der Waals surface area contributed by atoms with Gasteiger partial charge >= 0.3 is 0 Å². The van der Waals surface area contributed by atoms with Crippen LogP contribution >= 0.6 is 0 Å². The van der Waals surface area contributed by atoms with E-state index in [1.165, 1.54) is 5.56 Å². The third-order valence-electron chi connectivity index (χ3n) is 5.59. The van der Waals surface area contributed by atoms with E-state index in [0.717, 1.165) is 28.8 Å². The normalized spacial score (nSPS) is 19.5. The summed E-state index contributed by atoms with van der Waals surface area (Å²) in [6, 6.07) is 8.27. The van der Waals surface area contributed by atoms with Crippen LogP contribution in [0, 0.1) is 0 Å². The summed E-state index contributed by atoms with van der Waals surface area (Å²) in [5.74, 6) is 0.152. The number of aryl methyl sites for hydroxylation is 1. The van der Waals surface area contributed by atoms with E-state index in [0.29, 0.717) is 19.6 Å². The molecule has 0 spiro atoms. The zero-order valence-corrected chi connectivity index (χ0v) is 18.1. The lowest BCUT2D eigenvalue weighted by Crippen LogP contribution is -2.61. The Kier molecular flexibility index (Phi) is 5.19. The second-order valence-corrected chi connectivity index (χ2v) is 10.8. The van der Waals surface area contributed by atoms with Gasteiger partial charge in [0.25, 0.3) is 0 Å². The van der Waals surface area contributed by atoms with Crippen LogP contribution in [0.25, 0.3) is 11.1 Å². The van der Waals surface area contributed by atoms with Gasteiger partial charge in [0.15, 0.2) is 0 Å². The van der Waals surface area contributed by atoms with Gasteiger partial charge in [0.2, 0.25) is 5.91 Å². The number of aromatic nitrogens is 1. The lowest BCUT2D eigenvalue weighted by molar-refractivity contribution is -0.118. The number of anilines is 1. The highest BCUT2D eigenvalue weighted by atomic mass is 32.2. The van der Waals surface area contributed by atoms with Crippen molar-refractivity contribution >= 4 is 23.0 Å². The quantitative estimate of drug-likeness (QED) is 0.780. The van der Waals surface area contributed by atoms with E-state index in [4.69, 9.17) is 4.74 Å². The molecule has 2 aliphatic rings. The van der Waals surface area contributed by atoms with Gasteiger partial charge in [-0.2, -0.15) is 0 Å². The topological polar surface area (TPSA) is 77.5 Å². The molecule has 29 heavy (non-hydrogen) atoms. The Balaban J connectivity index is 1.65. The molecule has 1 aromatic carbocycles. The number of ether oxygens (including phenoxy) is 1. The van der Waals surface area contributed by atoms with Gasteiger partial charge in [0.1, 0.15) is 10.3 Å². The largest absolute Gasteiger partial charge is 0.598 e. The molecule has 1 atom stereocenters. The summed E-state index contributed by atoms with van der Waals surface area (Å²) < 4.78 is 21.1. The number of rotatable bonds is 4. The van der Waals surface area contributed by atoms with Gasteiger partial charge in [-0.1, -0.05) is 6.07 Å². The number of hydrogen-bond donors (Lipinski definition) is 1. The molecule has 1 N–H and O–H groups in total. The highest BCUT2D eigenvalue weighted by molar-refractivity contribution is 7.90. The van der Waals surface area contributed by atoms with Gasteiger partial charge in [-0.15, -0.1) is 4.72 Å². The summed E-state index contributed by atoms with van der Waals surface area (Å²) in [7, 11) is 1.82. The SMILES string of the molecule is CN1C(=O)CCc2cc(-c3cncc(C4(N[S@+]([O-])C(C)(C)C)COC4)c3)ccc21. The molecule has 6 nitrogen and oxygen atoms in total. The zero-order valence-electron chi connectivity index (χ0n) is 17.3. The first-order chi connectivity index (χ1) is 13.7. The molecule has 7 heteroatoms. The first-order valence-electron chi connectivity index (χ1n) is 9.82. The molecule has 0 bridgehead atoms. The summed E-state index contributed by atoms with van der Waals surface area (Å²) in [5.41, 5.74) is 4.70. The van der Waals surface area contributed by atoms with Gasteiger partial charge in [-0.05, 0) is 56.5 Å². The summed E-state index contributed by atoms with van der Waals surface area (Å²) in [5, 5.41) is 0. The van der Waals surface area contributed by atoms with Gasteiger partial charge in [-0.25, -0.2) is 0 Å². The van der Waals surface area contributed by atoms with Crippen LogP contribution in [0.1, 0.15) is 38.3 Å². The standard InChI is InChI=1S/C22H27N3O3S/c1-21(2,3)29(27)24-22(13-28-14-22)18-10-17(11-23-12-18)15-5-7-19-16(9-15)6-8-20(26)25(19)4/h5,7,9-12,24H,6,8,13-14H2,1-4H3/t29-/m1/s1. The first-order valence-corrected chi connectivity index (χ1v) is 11.0. The molecule has 2 aliphatic heterocycles. The van der Waals surface area contributed by atoms with E-state index < -0.39 is 16.9 Å². The molecule has 1 amide bonds. The first kappa shape index (κ1) is 20.3. The van der Waals surface area contributed by atoms with Crippen molar-refractivity contribution in [2.24, 2.45) is 0 Å². The van der Waals surface area contributed by atoms with Crippen molar-refractivity contribution in [1.29, 1.82) is 0 Å². The number of nitrogens with zero attached hydrogens (tertiary/aromatic N) is 2. The zero-order chi connectivity index (χ0) is 20.8. The number of carbonyl (C=O) groups is 1. The van der Waals surface area contributed by atoms with E-state index in [-0.39, 0.29) is 10.7 Å². The molecule has 1 saturated heterocycles. The fraction of sp³-hybridized carbons (Fsp3) is 0.455. The van der Waals surface area contributed by atoms with Crippen molar-refractivity contribution in [2.75, 3.05) is 25.2 Å². The lowest BCUT2D eigenvalue weighted by Gasteiger charge is -2.43. The third-order valence-corrected chi connectivity index (χ3v) is 7.28. The maximum Gasteiger partial charge on any atom is 0.227 e. The minimum atomic E-state index is -1.21. The van der Waals surface area contributed by atoms with Crippen LogP contribution < -0.4 is 9.62 Å². The maximum absolute atomic E-state index is 12.7. The highest BCUT2D eigenvalue weighted by Crippen LogP contribution is 2.35. The van der Waals surface area contributed by atoms with Crippen molar-refractivity contribution < 1.29 is 14.1 Å². The molecule has 1 aromatic heterocycles. The third kappa shape index (κ3) is 3.80. The maximum atomic E-state index is 12.7. The number of pyridine rings is 1. The van der Waals surface area contributed by atoms with Crippen molar-refractivity contribution in [3.63, 3.8) is 0 Å². The Hall–Kier alpha value is -1.93.